The zero-order valence-corrected chi connectivity index (χ0v) is 54.0. The molecule has 2 aromatic heterocycles. The number of alkyl carbamates (subject to hydrolysis) is 1. The third-order valence-electron chi connectivity index (χ3n) is 17.4. The molecule has 4 aromatic rings. The molecule has 0 bridgehead atoms. The molecule has 6 N–H and O–H groups in total. The second-order valence-corrected chi connectivity index (χ2v) is 24.4. The number of halogens is 1. The number of imide groups is 1. The van der Waals surface area contributed by atoms with Crippen molar-refractivity contribution in [3.05, 3.63) is 104 Å². The van der Waals surface area contributed by atoms with Gasteiger partial charge >= 0.3 is 12.1 Å². The predicted molar refractivity (Wildman–Crippen MR) is 336 cm³/mol. The predicted octanol–water partition coefficient (Wildman–Crippen LogP) is 1.85. The van der Waals surface area contributed by atoms with Crippen LogP contribution >= 0.6 is 0 Å². The second-order valence-electron chi connectivity index (χ2n) is 24.4. The molecule has 0 spiro atoms. The summed E-state index contributed by atoms with van der Waals surface area (Å²) in [6, 6.07) is 6.25. The molecule has 94 heavy (non-hydrogen) atoms. The molecule has 0 saturated heterocycles. The van der Waals surface area contributed by atoms with Gasteiger partial charge in [-0.2, -0.15) is 0 Å². The summed E-state index contributed by atoms with van der Waals surface area (Å²) in [6.45, 7) is 6.21. The topological polar surface area (TPSA) is 355 Å². The number of cyclic esters (lactones) is 1. The summed E-state index contributed by atoms with van der Waals surface area (Å²) < 4.78 is 28.0. The minimum Gasteiger partial charge on any atom is -0.458 e. The van der Waals surface area contributed by atoms with Gasteiger partial charge in [0.2, 0.25) is 47.3 Å². The van der Waals surface area contributed by atoms with Crippen LogP contribution in [0, 0.1) is 18.7 Å². The van der Waals surface area contributed by atoms with Crippen LogP contribution < -0.4 is 32.1 Å². The van der Waals surface area contributed by atoms with Gasteiger partial charge in [-0.3, -0.25) is 57.6 Å². The van der Waals surface area contributed by atoms with Gasteiger partial charge in [0.1, 0.15) is 31.1 Å². The highest BCUT2D eigenvalue weighted by molar-refractivity contribution is 6.13. The van der Waals surface area contributed by atoms with Gasteiger partial charge in [0.25, 0.3) is 17.4 Å². The first-order valence-electron chi connectivity index (χ1n) is 31.0. The van der Waals surface area contributed by atoms with E-state index in [2.05, 4.69) is 26.6 Å². The number of nitrogens with one attached hydrogen (secondary N) is 5. The minimum absolute atomic E-state index is 0.00957. The zero-order chi connectivity index (χ0) is 68.6. The van der Waals surface area contributed by atoms with E-state index in [9.17, 15) is 67.4 Å². The lowest BCUT2D eigenvalue weighted by Crippen LogP contribution is -2.54. The summed E-state index contributed by atoms with van der Waals surface area (Å²) in [6.07, 6.45) is 2.79. The zero-order valence-electron chi connectivity index (χ0n) is 54.0. The van der Waals surface area contributed by atoms with Gasteiger partial charge < -0.3 is 65.3 Å². The number of carbonyl (C=O) groups is 12. The van der Waals surface area contributed by atoms with Crippen LogP contribution in [0.15, 0.2) is 53.3 Å². The van der Waals surface area contributed by atoms with Crippen molar-refractivity contribution >= 4 is 87.7 Å². The molecule has 0 radical (unpaired) electrons. The lowest BCUT2D eigenvalue weighted by molar-refractivity contribution is -0.172. The van der Waals surface area contributed by atoms with Gasteiger partial charge in [-0.1, -0.05) is 32.9 Å². The molecule has 502 valence electrons. The average Bonchev–Trinajstić information content (AvgIpc) is 1.49. The number of ether oxygens (including phenoxy) is 2. The average molecular weight is 1300 g/mol. The maximum absolute atomic E-state index is 15.5. The van der Waals surface area contributed by atoms with Crippen LogP contribution in [-0.4, -0.2) is 190 Å². The summed E-state index contributed by atoms with van der Waals surface area (Å²) in [5.41, 5.74) is 1.85. The summed E-state index contributed by atoms with van der Waals surface area (Å²) in [5.74, 6) is -7.08. The third-order valence-corrected chi connectivity index (χ3v) is 17.4. The molecule has 28 nitrogen and oxygen atoms in total. The number of anilines is 1. The number of esters is 1. The van der Waals surface area contributed by atoms with Gasteiger partial charge in [0.05, 0.1) is 61.2 Å². The van der Waals surface area contributed by atoms with Crippen LogP contribution in [-0.2, 0) is 94.0 Å². The second kappa shape index (κ2) is 29.8. The van der Waals surface area contributed by atoms with E-state index in [0.717, 1.165) is 31.8 Å². The minimum atomic E-state index is -2.07. The number of aliphatic hydroxyl groups is 1. The monoisotopic (exact) mass is 1300 g/mol. The normalized spacial score (nSPS) is 16.4. The van der Waals surface area contributed by atoms with Crippen LogP contribution in [0.4, 0.5) is 14.9 Å². The smallest absolute Gasteiger partial charge is 0.407 e. The largest absolute Gasteiger partial charge is 0.458 e. The SMILES string of the molecule is CC[C@@]1(O)C(=O)OCc2c1cc1n(c2=O)Cc2c-1nc1cc(F)c(C)c3c1c2[C@@H](NC(=O)OCc1ccc(NC(=O)[C@H](CCCCNC(=O)CN(C)C(=O)CN(C)C(=O)CN(C)C(=O)CN(C)C(C)=O)NC(=O)C(NC(=O)CCCN2C(=O)C=CC2=O)C(C)C)cc1)CC3. The number of unbranched alkanes of at least 4 members (excludes halogenated alkanes) is 1. The summed E-state index contributed by atoms with van der Waals surface area (Å²) >= 11 is 0. The Balaban J connectivity index is 0.883. The summed E-state index contributed by atoms with van der Waals surface area (Å²) in [4.78, 5) is 179. The van der Waals surface area contributed by atoms with Crippen LogP contribution in [0.2, 0.25) is 0 Å². The summed E-state index contributed by atoms with van der Waals surface area (Å²) in [7, 11) is 5.60. The maximum Gasteiger partial charge on any atom is 0.407 e. The number of fused-ring (bicyclic) bond motifs is 5. The number of nitrogens with zero attached hydrogens (tertiary/aromatic N) is 7. The van der Waals surface area contributed by atoms with Crippen LogP contribution in [0.3, 0.4) is 0 Å². The number of hydrogen-bond acceptors (Lipinski definition) is 17. The fraction of sp³-hybridized carbons (Fsp3) is 0.477. The Morgan fingerprint density at radius 3 is 2.07 bits per heavy atom. The molecule has 29 heteroatoms. The van der Waals surface area contributed by atoms with E-state index in [1.165, 1.54) is 50.6 Å². The van der Waals surface area contributed by atoms with Crippen LogP contribution in [0.5, 0.6) is 0 Å². The Labute approximate surface area is 540 Å². The lowest BCUT2D eigenvalue weighted by atomic mass is 9.81. The van der Waals surface area contributed by atoms with E-state index in [1.807, 2.05) is 0 Å². The highest BCUT2D eigenvalue weighted by Gasteiger charge is 2.46. The van der Waals surface area contributed by atoms with Gasteiger partial charge in [-0.15, -0.1) is 0 Å². The van der Waals surface area contributed by atoms with Gasteiger partial charge in [0.15, 0.2) is 5.60 Å². The molecule has 11 amide bonds. The van der Waals surface area contributed by atoms with Crippen molar-refractivity contribution in [1.82, 2.24) is 55.3 Å². The van der Waals surface area contributed by atoms with E-state index in [0.29, 0.717) is 75.1 Å². The first-order valence-corrected chi connectivity index (χ1v) is 31.0. The number of likely N-dealkylation sites (N-methyl/N-ethyl adjacent to an activating group) is 4. The molecular formula is C65H79FN12O16. The molecule has 5 heterocycles. The number of aromatic nitrogens is 2. The first-order chi connectivity index (χ1) is 44.5. The van der Waals surface area contributed by atoms with Crippen molar-refractivity contribution in [2.45, 2.75) is 129 Å². The van der Waals surface area contributed by atoms with Gasteiger partial charge in [0, 0.05) is 95.0 Å². The van der Waals surface area contributed by atoms with Crippen molar-refractivity contribution in [2.24, 2.45) is 5.92 Å². The standard InChI is InChI=1S/C65H79FN12O16/c1-10-65(92)43-26-48-59-41(28-78(48)62(89)42(43)34-93-63(65)90)57-45(21-20-40-36(4)44(66)27-47(69-59)56(40)57)71-64(91)94-33-38-16-18-39(19-17-38)68-60(87)46(70-61(88)58(35(2)3)72-49(80)15-13-25-77-51(82)22-23-52(77)83)14-11-12-24-67-50(81)29-74(7)54(85)31-76(9)55(86)32-75(8)53(84)30-73(6)37(5)79/h16-19,22-23,26-27,35,45-46,58,92H,10-15,20-21,24-25,28-34H2,1-9H3,(H,67,81)(H,68,87)(H,70,88)(H,71,91)(H,72,80)/t45-,46-,58?,65-/m0/s1. The highest BCUT2D eigenvalue weighted by Crippen LogP contribution is 2.46. The van der Waals surface area contributed by atoms with Gasteiger partial charge in [-0.05, 0) is 98.2 Å². The molecule has 0 saturated carbocycles. The summed E-state index contributed by atoms with van der Waals surface area (Å²) in [5, 5.41) is 26.1. The molecule has 1 aliphatic carbocycles. The Bertz CT molecular complexity index is 3810. The third kappa shape index (κ3) is 15.7. The van der Waals surface area contributed by atoms with Crippen molar-refractivity contribution in [3.63, 3.8) is 0 Å². The van der Waals surface area contributed by atoms with E-state index >= 15 is 4.39 Å². The molecule has 0 fully saturated rings. The molecule has 4 atom stereocenters. The lowest BCUT2D eigenvalue weighted by Gasteiger charge is -2.31. The number of benzene rings is 2. The Hall–Kier alpha value is -9.93. The number of aryl methyl sites for hydroxylation is 1. The van der Waals surface area contributed by atoms with Crippen LogP contribution in [0.1, 0.15) is 118 Å². The fourth-order valence-corrected chi connectivity index (χ4v) is 11.6. The Kier molecular flexibility index (Phi) is 22.2. The molecule has 1 unspecified atom stereocenters. The molecule has 4 aliphatic rings. The molecule has 3 aliphatic heterocycles. The molecule has 8 rings (SSSR count). The number of carbonyl (C=O) groups excluding carboxylic acids is 12. The van der Waals surface area contributed by atoms with Crippen molar-refractivity contribution in [1.29, 1.82) is 0 Å². The molecular weight excluding hydrogens is 1220 g/mol. The van der Waals surface area contributed by atoms with E-state index < -0.39 is 113 Å². The first kappa shape index (κ1) is 69.9. The number of pyridine rings is 2. The van der Waals surface area contributed by atoms with E-state index in [1.54, 1.807) is 58.0 Å². The maximum atomic E-state index is 15.5. The molecule has 2 aromatic carbocycles. The Morgan fingerprint density at radius 1 is 0.809 bits per heavy atom. The van der Waals surface area contributed by atoms with Crippen molar-refractivity contribution < 1.29 is 76.5 Å². The fourth-order valence-electron chi connectivity index (χ4n) is 11.6. The highest BCUT2D eigenvalue weighted by atomic mass is 19.1. The van der Waals surface area contributed by atoms with Crippen molar-refractivity contribution in [3.8, 4) is 11.4 Å². The number of rotatable bonds is 27. The Morgan fingerprint density at radius 2 is 1.45 bits per heavy atom. The van der Waals surface area contributed by atoms with E-state index in [-0.39, 0.29) is 102 Å². The number of amides is 11. The van der Waals surface area contributed by atoms with Gasteiger partial charge in [-0.25, -0.2) is 19.0 Å². The van der Waals surface area contributed by atoms with Crippen LogP contribution in [0.25, 0.3) is 22.3 Å². The number of hydrogen-bond donors (Lipinski definition) is 6. The van der Waals surface area contributed by atoms with Crippen molar-refractivity contribution in [2.75, 3.05) is 72.8 Å². The van der Waals surface area contributed by atoms with E-state index in [4.69, 9.17) is 14.5 Å². The quantitative estimate of drug-likeness (QED) is 0.0248.